The summed E-state index contributed by atoms with van der Waals surface area (Å²) in [6, 6.07) is 11.2. The minimum absolute atomic E-state index is 0.0853. The third-order valence-electron chi connectivity index (χ3n) is 5.98. The van der Waals surface area contributed by atoms with E-state index in [-0.39, 0.29) is 19.4 Å². The molecule has 0 saturated carbocycles. The van der Waals surface area contributed by atoms with Gasteiger partial charge in [0, 0.05) is 24.9 Å². The van der Waals surface area contributed by atoms with Gasteiger partial charge in [0.25, 0.3) is 0 Å². The minimum atomic E-state index is -4.93. The number of halogens is 4. The number of amides is 1. The molecule has 0 spiro atoms. The van der Waals surface area contributed by atoms with E-state index >= 15 is 0 Å². The van der Waals surface area contributed by atoms with Crippen LogP contribution in [0.2, 0.25) is 0 Å². The zero-order chi connectivity index (χ0) is 21.5. The van der Waals surface area contributed by atoms with E-state index in [2.05, 4.69) is 0 Å². The second kappa shape index (κ2) is 7.58. The molecule has 2 aromatic rings. The van der Waals surface area contributed by atoms with Crippen LogP contribution in [0, 0.1) is 5.82 Å². The summed E-state index contributed by atoms with van der Waals surface area (Å²) < 4.78 is 59.8. The highest BCUT2D eigenvalue weighted by Crippen LogP contribution is 2.49. The van der Waals surface area contributed by atoms with Gasteiger partial charge in [-0.15, -0.1) is 0 Å². The number of piperidine rings is 1. The van der Waals surface area contributed by atoms with Crippen LogP contribution in [-0.4, -0.2) is 28.2 Å². The first-order valence-corrected chi connectivity index (χ1v) is 9.76. The number of alkyl halides is 3. The molecule has 0 aromatic heterocycles. The Labute approximate surface area is 171 Å². The van der Waals surface area contributed by atoms with E-state index < -0.39 is 46.9 Å². The number of carbonyl (C=O) groups is 1. The van der Waals surface area contributed by atoms with Crippen LogP contribution < -0.4 is 0 Å². The summed E-state index contributed by atoms with van der Waals surface area (Å²) in [6.07, 6.45) is -4.59. The van der Waals surface area contributed by atoms with E-state index in [0.717, 1.165) is 17.7 Å². The van der Waals surface area contributed by atoms with Crippen molar-refractivity contribution < 1.29 is 32.2 Å². The molecule has 8 heteroatoms. The molecule has 2 atom stereocenters. The molecule has 2 bridgehead atoms. The largest absolute Gasteiger partial charge is 0.445 e. The first-order chi connectivity index (χ1) is 14.2. The number of rotatable bonds is 3. The molecular formula is C22H21F4NO3. The topological polar surface area (TPSA) is 49.8 Å². The third kappa shape index (κ3) is 3.76. The zero-order valence-corrected chi connectivity index (χ0v) is 16.0. The number of carbonyl (C=O) groups excluding carboxylic acids is 1. The lowest BCUT2D eigenvalue weighted by atomic mass is 9.78. The van der Waals surface area contributed by atoms with Crippen molar-refractivity contribution in [2.75, 3.05) is 0 Å². The highest BCUT2D eigenvalue weighted by molar-refractivity contribution is 5.69. The molecule has 2 fully saturated rings. The molecule has 160 valence electrons. The number of hydrogen-bond donors (Lipinski definition) is 1. The summed E-state index contributed by atoms with van der Waals surface area (Å²) in [5.74, 6) is -1.41. The van der Waals surface area contributed by atoms with Crippen LogP contribution in [0.5, 0.6) is 0 Å². The van der Waals surface area contributed by atoms with Gasteiger partial charge < -0.3 is 14.7 Å². The average molecular weight is 423 g/mol. The number of benzene rings is 2. The second-order valence-electron chi connectivity index (χ2n) is 7.93. The summed E-state index contributed by atoms with van der Waals surface area (Å²) >= 11 is 0. The molecule has 4 rings (SSSR count). The van der Waals surface area contributed by atoms with Crippen molar-refractivity contribution in [2.24, 2.45) is 0 Å². The number of nitrogens with zero attached hydrogens (tertiary/aromatic N) is 1. The second-order valence-corrected chi connectivity index (χ2v) is 7.93. The van der Waals surface area contributed by atoms with Gasteiger partial charge >= 0.3 is 12.3 Å². The molecule has 2 aliphatic rings. The SMILES string of the molecule is O=C(OCc1ccccc1)N1C2CCC1CC(O)(c1cccc(F)c1C(F)(F)F)C2. The monoisotopic (exact) mass is 423 g/mol. The maximum absolute atomic E-state index is 14.0. The fourth-order valence-electron chi connectivity index (χ4n) is 4.74. The lowest BCUT2D eigenvalue weighted by Gasteiger charge is -2.44. The van der Waals surface area contributed by atoms with Crippen LogP contribution in [0.4, 0.5) is 22.4 Å². The van der Waals surface area contributed by atoms with Gasteiger partial charge in [-0.05, 0) is 30.0 Å². The molecule has 0 aliphatic carbocycles. The molecular weight excluding hydrogens is 402 g/mol. The summed E-state index contributed by atoms with van der Waals surface area (Å²) in [4.78, 5) is 14.2. The van der Waals surface area contributed by atoms with E-state index in [9.17, 15) is 27.5 Å². The quantitative estimate of drug-likeness (QED) is 0.708. The van der Waals surface area contributed by atoms with E-state index in [1.807, 2.05) is 30.3 Å². The van der Waals surface area contributed by atoms with Gasteiger partial charge in [0.15, 0.2) is 0 Å². The van der Waals surface area contributed by atoms with Crippen molar-refractivity contribution in [2.45, 2.75) is 56.2 Å². The molecule has 1 N–H and O–H groups in total. The first kappa shape index (κ1) is 20.7. The highest BCUT2D eigenvalue weighted by atomic mass is 19.4. The Hall–Kier alpha value is -2.61. The third-order valence-corrected chi connectivity index (χ3v) is 5.98. The Kier molecular flexibility index (Phi) is 5.22. The van der Waals surface area contributed by atoms with Crippen molar-refractivity contribution in [3.8, 4) is 0 Å². The molecule has 0 radical (unpaired) electrons. The van der Waals surface area contributed by atoms with Gasteiger partial charge in [-0.1, -0.05) is 42.5 Å². The number of aliphatic hydroxyl groups is 1. The van der Waals surface area contributed by atoms with Crippen LogP contribution in [0.15, 0.2) is 48.5 Å². The lowest BCUT2D eigenvalue weighted by Crippen LogP contribution is -2.52. The number of hydrogen-bond acceptors (Lipinski definition) is 3. The molecule has 2 unspecified atom stereocenters. The van der Waals surface area contributed by atoms with Gasteiger partial charge in [0.05, 0.1) is 11.2 Å². The fourth-order valence-corrected chi connectivity index (χ4v) is 4.74. The maximum Gasteiger partial charge on any atom is 0.419 e. The molecule has 4 nitrogen and oxygen atoms in total. The van der Waals surface area contributed by atoms with Crippen LogP contribution in [-0.2, 0) is 23.1 Å². The molecule has 2 aromatic carbocycles. The van der Waals surface area contributed by atoms with Crippen LogP contribution >= 0.6 is 0 Å². The highest BCUT2D eigenvalue weighted by Gasteiger charge is 2.53. The molecule has 1 amide bonds. The lowest BCUT2D eigenvalue weighted by molar-refractivity contribution is -0.145. The Morgan fingerprint density at radius 1 is 1.07 bits per heavy atom. The average Bonchev–Trinajstić information content (AvgIpc) is 2.98. The van der Waals surface area contributed by atoms with Crippen molar-refractivity contribution >= 4 is 6.09 Å². The van der Waals surface area contributed by atoms with Gasteiger partial charge in [0.1, 0.15) is 12.4 Å². The minimum Gasteiger partial charge on any atom is -0.445 e. The van der Waals surface area contributed by atoms with Crippen molar-refractivity contribution in [1.82, 2.24) is 4.90 Å². The van der Waals surface area contributed by atoms with Crippen molar-refractivity contribution in [1.29, 1.82) is 0 Å². The van der Waals surface area contributed by atoms with Crippen LogP contribution in [0.1, 0.15) is 42.4 Å². The van der Waals surface area contributed by atoms with E-state index in [1.54, 1.807) is 0 Å². The molecule has 30 heavy (non-hydrogen) atoms. The van der Waals surface area contributed by atoms with Gasteiger partial charge in [0.2, 0.25) is 0 Å². The number of fused-ring (bicyclic) bond motifs is 2. The Morgan fingerprint density at radius 2 is 1.70 bits per heavy atom. The van der Waals surface area contributed by atoms with E-state index in [4.69, 9.17) is 4.74 Å². The van der Waals surface area contributed by atoms with Gasteiger partial charge in [-0.3, -0.25) is 0 Å². The summed E-state index contributed by atoms with van der Waals surface area (Å²) in [6.45, 7) is 0.0853. The fraction of sp³-hybridized carbons (Fsp3) is 0.409. The predicted octanol–water partition coefficient (Wildman–Crippen LogP) is 5.00. The zero-order valence-electron chi connectivity index (χ0n) is 16.0. The van der Waals surface area contributed by atoms with Crippen LogP contribution in [0.25, 0.3) is 0 Å². The summed E-state index contributed by atoms with van der Waals surface area (Å²) in [7, 11) is 0. The molecule has 2 saturated heterocycles. The predicted molar refractivity (Wildman–Crippen MR) is 99.8 cm³/mol. The Morgan fingerprint density at radius 3 is 2.30 bits per heavy atom. The number of ether oxygens (including phenoxy) is 1. The summed E-state index contributed by atoms with van der Waals surface area (Å²) in [5, 5.41) is 11.2. The van der Waals surface area contributed by atoms with Gasteiger partial charge in [-0.25, -0.2) is 9.18 Å². The normalized spacial score (nSPS) is 26.0. The standard InChI is InChI=1S/C22H21F4NO3/c23-18-8-4-7-17(19(18)22(24,25)26)21(29)11-15-9-10-16(12-21)27(15)20(28)30-13-14-5-2-1-3-6-14/h1-8,15-16,29H,9-13H2. The van der Waals surface area contributed by atoms with E-state index in [0.29, 0.717) is 12.8 Å². The summed E-state index contributed by atoms with van der Waals surface area (Å²) in [5.41, 5.74) is -2.95. The van der Waals surface area contributed by atoms with Gasteiger partial charge in [-0.2, -0.15) is 13.2 Å². The van der Waals surface area contributed by atoms with Crippen LogP contribution in [0.3, 0.4) is 0 Å². The Balaban J connectivity index is 1.54. The molecule has 2 heterocycles. The molecule has 2 aliphatic heterocycles. The van der Waals surface area contributed by atoms with Crippen molar-refractivity contribution in [3.05, 3.63) is 71.0 Å². The smallest absolute Gasteiger partial charge is 0.419 e. The Bertz CT molecular complexity index is 918. The van der Waals surface area contributed by atoms with E-state index in [1.165, 1.54) is 11.0 Å². The first-order valence-electron chi connectivity index (χ1n) is 9.76. The maximum atomic E-state index is 14.0. The van der Waals surface area contributed by atoms with Crippen molar-refractivity contribution in [3.63, 3.8) is 0 Å².